The largest absolute Gasteiger partial charge is 0.455 e. The van der Waals surface area contributed by atoms with E-state index >= 15 is 0 Å². The first-order valence-corrected chi connectivity index (χ1v) is 34.9. The molecule has 0 spiro atoms. The second kappa shape index (κ2) is 21.9. The zero-order valence-electron chi connectivity index (χ0n) is 55.1. The van der Waals surface area contributed by atoms with Gasteiger partial charge in [-0.25, -0.2) is 0 Å². The lowest BCUT2D eigenvalue weighted by Crippen LogP contribution is -1.95. The summed E-state index contributed by atoms with van der Waals surface area (Å²) in [7, 11) is 0. The summed E-state index contributed by atoms with van der Waals surface area (Å²) in [6.45, 7) is 0. The van der Waals surface area contributed by atoms with Gasteiger partial charge in [0.2, 0.25) is 0 Å². The number of para-hydroxylation sites is 8. The van der Waals surface area contributed by atoms with Crippen LogP contribution in [0.1, 0.15) is 0 Å². The second-order valence-electron chi connectivity index (χ2n) is 27.1. The highest BCUT2D eigenvalue weighted by molar-refractivity contribution is 6.19. The molecule has 0 fully saturated rings. The zero-order valence-corrected chi connectivity index (χ0v) is 55.1. The summed E-state index contributed by atoms with van der Waals surface area (Å²) in [4.78, 5) is 0. The van der Waals surface area contributed by atoms with Gasteiger partial charge in [-0.15, -0.1) is 0 Å². The van der Waals surface area contributed by atoms with Gasteiger partial charge in [0, 0.05) is 98.5 Å². The number of rotatable bonds is 9. The molecule has 0 aliphatic rings. The molecule has 6 aromatic heterocycles. The van der Waals surface area contributed by atoms with Crippen molar-refractivity contribution in [2.75, 3.05) is 0 Å². The van der Waals surface area contributed by atoms with Crippen molar-refractivity contribution in [1.82, 2.24) is 18.3 Å². The van der Waals surface area contributed by atoms with Gasteiger partial charge >= 0.3 is 0 Å². The summed E-state index contributed by atoms with van der Waals surface area (Å²) < 4.78 is 23.5. The lowest BCUT2D eigenvalue weighted by molar-refractivity contribution is 0.669. The van der Waals surface area contributed by atoms with E-state index in [2.05, 4.69) is 370 Å². The molecule has 16 aromatic carbocycles. The first-order valence-electron chi connectivity index (χ1n) is 34.9. The highest BCUT2D eigenvalue weighted by Gasteiger charge is 2.23. The monoisotopic (exact) mass is 1300 g/mol. The number of fused-ring (bicyclic) bond motifs is 18. The second-order valence-corrected chi connectivity index (χ2v) is 27.1. The molecule has 6 heterocycles. The van der Waals surface area contributed by atoms with Gasteiger partial charge in [0.1, 0.15) is 22.3 Å². The summed E-state index contributed by atoms with van der Waals surface area (Å²) in [6, 6.07) is 128. The van der Waals surface area contributed by atoms with E-state index in [0.29, 0.717) is 0 Å². The van der Waals surface area contributed by atoms with Gasteiger partial charge in [0.25, 0.3) is 0 Å². The van der Waals surface area contributed by atoms with E-state index in [-0.39, 0.29) is 0 Å². The Labute approximate surface area is 584 Å². The first kappa shape index (κ1) is 56.3. The standard InChI is InChI=1S/C96H58N4O2/c1-2-24-66(25-3-1)97-87-41-12-7-31-76(87)81-55-61(45-49-89(81)97)59-20-14-21-60(52-59)62-46-50-92-82(56-62)78-36-17-34-71(95(78)101-92)64-23-16-27-68(54-64)100-86-40-11-6-30-75(86)77-48-44-65(57-91(77)100)70-33-19-43-90-94(70)80-32-8-13-42-88(80)99(90)69-47-51-93-83(58-69)79-37-18-35-72(96(79)102-93)63-22-15-26-67(53-63)98-84-38-9-4-28-73(84)74-29-5-10-39-85(74)98/h1-58H. The van der Waals surface area contributed by atoms with Gasteiger partial charge in [-0.05, 0) is 172 Å². The summed E-state index contributed by atoms with van der Waals surface area (Å²) in [5.41, 5.74) is 28.4. The van der Waals surface area contributed by atoms with Crippen molar-refractivity contribution in [2.45, 2.75) is 0 Å². The summed E-state index contributed by atoms with van der Waals surface area (Å²) in [6.07, 6.45) is 0. The Morgan fingerprint density at radius 1 is 0.167 bits per heavy atom. The van der Waals surface area contributed by atoms with Gasteiger partial charge in [-0.2, -0.15) is 0 Å². The van der Waals surface area contributed by atoms with Crippen molar-refractivity contribution in [3.8, 4) is 78.4 Å². The Balaban J connectivity index is 0.615. The maximum Gasteiger partial charge on any atom is 0.143 e. The third kappa shape index (κ3) is 8.41. The van der Waals surface area contributed by atoms with E-state index in [1.54, 1.807) is 0 Å². The van der Waals surface area contributed by atoms with Gasteiger partial charge in [-0.1, -0.05) is 224 Å². The number of nitrogens with zero attached hydrogens (tertiary/aromatic N) is 4. The minimum atomic E-state index is 0.852. The molecule has 0 N–H and O–H groups in total. The Kier molecular flexibility index (Phi) is 12.1. The molecule has 6 heteroatoms. The molecule has 0 amide bonds. The quantitative estimate of drug-likeness (QED) is 0.145. The Morgan fingerprint density at radius 2 is 0.529 bits per heavy atom. The molecular weight excluding hydrogens is 1240 g/mol. The molecule has 0 radical (unpaired) electrons. The van der Waals surface area contributed by atoms with Crippen molar-refractivity contribution >= 4 is 131 Å². The SMILES string of the molecule is c1ccc(-n2c3ccccc3c3cc(-c4cccc(-c5ccc6oc7c(-c8cccc(-n9c%10ccccc%10c%10ccc(-c%11cccc%12c%11c%11ccccc%11n%12-c%11ccc%12oc%13c(-c%14cccc(-n%15c%16ccccc%16c%16ccccc%16%15)c%14)cccc%13c%12c%11)cc%109)c8)cccc7c6c5)c4)ccc32)cc1. The number of hydrogen-bond acceptors (Lipinski definition) is 2. The molecule has 0 bridgehead atoms. The number of aromatic nitrogens is 4. The smallest absolute Gasteiger partial charge is 0.143 e. The number of benzene rings is 16. The Morgan fingerprint density at radius 3 is 1.15 bits per heavy atom. The average Bonchev–Trinajstić information content (AvgIpc) is 1.56. The van der Waals surface area contributed by atoms with E-state index in [0.717, 1.165) is 128 Å². The Bertz CT molecular complexity index is 7220. The van der Waals surface area contributed by atoms with Crippen molar-refractivity contribution in [1.29, 1.82) is 0 Å². The zero-order chi connectivity index (χ0) is 66.7. The van der Waals surface area contributed by atoms with Crippen LogP contribution in [0, 0.1) is 0 Å². The molecule has 474 valence electrons. The molecule has 0 saturated heterocycles. The van der Waals surface area contributed by atoms with Gasteiger partial charge in [-0.3, -0.25) is 0 Å². The van der Waals surface area contributed by atoms with Gasteiger partial charge < -0.3 is 27.1 Å². The molecule has 0 aliphatic carbocycles. The van der Waals surface area contributed by atoms with Crippen molar-refractivity contribution < 1.29 is 8.83 Å². The van der Waals surface area contributed by atoms with Crippen LogP contribution in [0.25, 0.3) is 209 Å². The fourth-order valence-electron chi connectivity index (χ4n) is 17.0. The maximum absolute atomic E-state index is 6.93. The maximum atomic E-state index is 6.93. The van der Waals surface area contributed by atoms with Crippen molar-refractivity contribution in [3.63, 3.8) is 0 Å². The summed E-state index contributed by atoms with van der Waals surface area (Å²) in [5.74, 6) is 0. The third-order valence-corrected chi connectivity index (χ3v) is 21.5. The molecular formula is C96H58N4O2. The van der Waals surface area contributed by atoms with Crippen LogP contribution in [-0.4, -0.2) is 18.3 Å². The molecule has 0 saturated carbocycles. The van der Waals surface area contributed by atoms with Crippen LogP contribution >= 0.6 is 0 Å². The molecule has 22 aromatic rings. The van der Waals surface area contributed by atoms with Crippen LogP contribution in [0.2, 0.25) is 0 Å². The predicted octanol–water partition coefficient (Wildman–Crippen LogP) is 26.2. The summed E-state index contributed by atoms with van der Waals surface area (Å²) in [5, 5.41) is 14.1. The van der Waals surface area contributed by atoms with Crippen LogP contribution in [0.15, 0.2) is 361 Å². The lowest BCUT2D eigenvalue weighted by Gasteiger charge is -2.12. The topological polar surface area (TPSA) is 46.0 Å². The van der Waals surface area contributed by atoms with Crippen LogP contribution in [0.3, 0.4) is 0 Å². The fraction of sp³-hybridized carbons (Fsp3) is 0. The normalized spacial score (nSPS) is 12.1. The minimum absolute atomic E-state index is 0.852. The molecule has 22 rings (SSSR count). The van der Waals surface area contributed by atoms with E-state index in [1.807, 2.05) is 0 Å². The Hall–Kier alpha value is -13.7. The van der Waals surface area contributed by atoms with E-state index in [1.165, 1.54) is 81.8 Å². The van der Waals surface area contributed by atoms with E-state index in [9.17, 15) is 0 Å². The third-order valence-electron chi connectivity index (χ3n) is 21.5. The van der Waals surface area contributed by atoms with Crippen LogP contribution in [0.4, 0.5) is 0 Å². The molecule has 0 atom stereocenters. The van der Waals surface area contributed by atoms with Gasteiger partial charge in [0.15, 0.2) is 0 Å². The lowest BCUT2D eigenvalue weighted by atomic mass is 9.96. The van der Waals surface area contributed by atoms with E-state index in [4.69, 9.17) is 8.83 Å². The number of hydrogen-bond donors (Lipinski definition) is 0. The molecule has 0 unspecified atom stereocenters. The van der Waals surface area contributed by atoms with Crippen molar-refractivity contribution in [2.24, 2.45) is 0 Å². The molecule has 0 aliphatic heterocycles. The highest BCUT2D eigenvalue weighted by Crippen LogP contribution is 2.46. The van der Waals surface area contributed by atoms with Crippen LogP contribution in [0.5, 0.6) is 0 Å². The van der Waals surface area contributed by atoms with E-state index < -0.39 is 0 Å². The fourth-order valence-corrected chi connectivity index (χ4v) is 17.0. The molecule has 102 heavy (non-hydrogen) atoms. The van der Waals surface area contributed by atoms with Crippen molar-refractivity contribution in [3.05, 3.63) is 352 Å². The minimum Gasteiger partial charge on any atom is -0.455 e. The highest BCUT2D eigenvalue weighted by atomic mass is 16.3. The van der Waals surface area contributed by atoms with Crippen LogP contribution < -0.4 is 0 Å². The number of furan rings is 2. The first-order chi connectivity index (χ1) is 50.6. The predicted molar refractivity (Wildman–Crippen MR) is 426 cm³/mol. The summed E-state index contributed by atoms with van der Waals surface area (Å²) >= 11 is 0. The molecule has 6 nitrogen and oxygen atoms in total. The average molecular weight is 1300 g/mol. The van der Waals surface area contributed by atoms with Crippen LogP contribution in [-0.2, 0) is 0 Å². The van der Waals surface area contributed by atoms with Gasteiger partial charge in [0.05, 0.1) is 44.1 Å².